The second-order valence-corrected chi connectivity index (χ2v) is 14.1. The molecule has 4 nitrogen and oxygen atoms in total. The fourth-order valence-electron chi connectivity index (χ4n) is 7.40. The summed E-state index contributed by atoms with van der Waals surface area (Å²) < 4.78 is 18.8. The van der Waals surface area contributed by atoms with Crippen LogP contribution in [-0.2, 0) is 0 Å². The molecule has 9 aromatic rings. The average Bonchev–Trinajstić information content (AvgIpc) is 3.82. The van der Waals surface area contributed by atoms with E-state index in [9.17, 15) is 0 Å². The predicted molar refractivity (Wildman–Crippen MR) is 219 cm³/mol. The first-order valence-electron chi connectivity index (χ1n) is 17.8. The predicted octanol–water partition coefficient (Wildman–Crippen LogP) is 13.6. The van der Waals surface area contributed by atoms with Crippen molar-refractivity contribution in [2.75, 3.05) is 18.1 Å². The molecule has 0 spiro atoms. The minimum Gasteiger partial charge on any atom is -0.485 e. The minimum atomic E-state index is 0.536. The van der Waals surface area contributed by atoms with Crippen LogP contribution in [-0.4, -0.2) is 13.2 Å². The number of fused-ring (bicyclic) bond motifs is 4. The van der Waals surface area contributed by atoms with Crippen molar-refractivity contribution in [1.29, 1.82) is 0 Å². The summed E-state index contributed by atoms with van der Waals surface area (Å²) >= 11 is 1.72. The van der Waals surface area contributed by atoms with Gasteiger partial charge in [-0.3, -0.25) is 0 Å². The molecule has 0 fully saturated rings. The lowest BCUT2D eigenvalue weighted by Crippen LogP contribution is -2.14. The number of thiophene rings is 1. The lowest BCUT2D eigenvalue weighted by atomic mass is 10.00. The van der Waals surface area contributed by atoms with E-state index in [1.807, 2.05) is 18.2 Å². The summed E-state index contributed by atoms with van der Waals surface area (Å²) in [5.74, 6) is 1.66. The van der Waals surface area contributed by atoms with E-state index < -0.39 is 0 Å². The Hall–Kier alpha value is -6.56. The van der Waals surface area contributed by atoms with E-state index in [0.29, 0.717) is 13.2 Å². The normalized spacial score (nSPS) is 12.3. The zero-order valence-corrected chi connectivity index (χ0v) is 29.6. The van der Waals surface area contributed by atoms with Crippen molar-refractivity contribution in [3.8, 4) is 54.6 Å². The second kappa shape index (κ2) is 13.2. The second-order valence-electron chi connectivity index (χ2n) is 13.1. The summed E-state index contributed by atoms with van der Waals surface area (Å²) in [6.45, 7) is 1.08. The Balaban J connectivity index is 1.08. The van der Waals surface area contributed by atoms with E-state index in [4.69, 9.17) is 13.9 Å². The van der Waals surface area contributed by atoms with E-state index in [-0.39, 0.29) is 0 Å². The van der Waals surface area contributed by atoms with Crippen LogP contribution in [0.5, 0.6) is 11.5 Å². The van der Waals surface area contributed by atoms with Crippen molar-refractivity contribution in [2.45, 2.75) is 0 Å². The van der Waals surface area contributed by atoms with Crippen LogP contribution in [0.1, 0.15) is 0 Å². The van der Waals surface area contributed by atoms with Crippen LogP contribution in [0, 0.1) is 0 Å². The Kier molecular flexibility index (Phi) is 7.77. The number of anilines is 3. The van der Waals surface area contributed by atoms with Gasteiger partial charge in [0.25, 0.3) is 0 Å². The third-order valence-corrected chi connectivity index (χ3v) is 11.1. The molecule has 5 heteroatoms. The molecule has 7 aromatic carbocycles. The molecule has 0 saturated heterocycles. The van der Waals surface area contributed by atoms with Crippen LogP contribution >= 0.6 is 11.3 Å². The third kappa shape index (κ3) is 5.54. The number of hydrogen-bond donors (Lipinski definition) is 0. The molecule has 10 rings (SSSR count). The van der Waals surface area contributed by atoms with Gasteiger partial charge in [0.2, 0.25) is 0 Å². The van der Waals surface area contributed by atoms with Crippen molar-refractivity contribution < 1.29 is 13.9 Å². The largest absolute Gasteiger partial charge is 0.485 e. The highest BCUT2D eigenvalue weighted by Gasteiger charge is 2.27. The molecule has 1 aliphatic rings. The highest BCUT2D eigenvalue weighted by atomic mass is 32.1. The first-order valence-corrected chi connectivity index (χ1v) is 18.7. The van der Waals surface area contributed by atoms with Crippen LogP contribution in [0.15, 0.2) is 180 Å². The first kappa shape index (κ1) is 31.2. The molecular weight excluding hydrogens is 671 g/mol. The monoisotopic (exact) mass is 703 g/mol. The SMILES string of the molecule is c1ccc(-c2ccccc2N(c2ccc(-c3sc(-c4ccccc4)c4c3OCCO4)cc2)c2ccc(-c3cccc4c3oc3ccccc34)cc2)cc1. The van der Waals surface area contributed by atoms with Crippen molar-refractivity contribution in [3.63, 3.8) is 0 Å². The average molecular weight is 704 g/mol. The van der Waals surface area contributed by atoms with Gasteiger partial charge in [0.15, 0.2) is 11.5 Å². The Bertz CT molecular complexity index is 2710. The third-order valence-electron chi connectivity index (χ3n) is 9.89. The number of hydrogen-bond acceptors (Lipinski definition) is 5. The van der Waals surface area contributed by atoms with Crippen molar-refractivity contribution in [3.05, 3.63) is 176 Å². The quantitative estimate of drug-likeness (QED) is 0.165. The fourth-order valence-corrected chi connectivity index (χ4v) is 8.60. The molecule has 0 radical (unpaired) electrons. The fraction of sp³-hybridized carbons (Fsp3) is 0.0417. The number of rotatable bonds is 7. The number of nitrogens with zero attached hydrogens (tertiary/aromatic N) is 1. The standard InChI is InChI=1S/C48H33NO3S/c1-3-12-32(13-4-1)38-16-7-9-20-42(38)49(36-26-22-33(23-27-36)39-18-11-19-41-40-17-8-10-21-43(40)52-44(39)41)37-28-24-35(25-29-37)48-46-45(50-30-31-51-46)47(53-48)34-14-5-2-6-15-34/h1-29H,30-31H2. The van der Waals surface area contributed by atoms with Gasteiger partial charge in [-0.05, 0) is 58.7 Å². The Labute approximate surface area is 311 Å². The molecule has 0 saturated carbocycles. The number of benzene rings is 7. The molecule has 2 aromatic heterocycles. The highest BCUT2D eigenvalue weighted by molar-refractivity contribution is 7.19. The van der Waals surface area contributed by atoms with Crippen molar-refractivity contribution in [2.24, 2.45) is 0 Å². The van der Waals surface area contributed by atoms with E-state index in [1.54, 1.807) is 11.3 Å². The van der Waals surface area contributed by atoms with Crippen LogP contribution in [0.2, 0.25) is 0 Å². The first-order chi connectivity index (χ1) is 26.3. The summed E-state index contributed by atoms with van der Waals surface area (Å²) in [6.07, 6.45) is 0. The van der Waals surface area contributed by atoms with E-state index in [0.717, 1.165) is 93.6 Å². The molecule has 1 aliphatic heterocycles. The van der Waals surface area contributed by atoms with Crippen LogP contribution < -0.4 is 14.4 Å². The van der Waals surface area contributed by atoms with Gasteiger partial charge in [-0.15, -0.1) is 11.3 Å². The lowest BCUT2D eigenvalue weighted by molar-refractivity contribution is 0.175. The molecule has 53 heavy (non-hydrogen) atoms. The lowest BCUT2D eigenvalue weighted by Gasteiger charge is -2.28. The summed E-state index contributed by atoms with van der Waals surface area (Å²) in [4.78, 5) is 4.51. The van der Waals surface area contributed by atoms with Crippen molar-refractivity contribution in [1.82, 2.24) is 0 Å². The molecule has 3 heterocycles. The maximum atomic E-state index is 6.40. The molecule has 0 bridgehead atoms. The summed E-state index contributed by atoms with van der Waals surface area (Å²) in [6, 6.07) is 61.9. The summed E-state index contributed by atoms with van der Waals surface area (Å²) in [7, 11) is 0. The van der Waals surface area contributed by atoms with Crippen molar-refractivity contribution >= 4 is 50.3 Å². The van der Waals surface area contributed by atoms with Crippen LogP contribution in [0.3, 0.4) is 0 Å². The molecule has 0 amide bonds. The molecular formula is C48H33NO3S. The Morgan fingerprint density at radius 3 is 1.62 bits per heavy atom. The Morgan fingerprint density at radius 2 is 0.925 bits per heavy atom. The number of furan rings is 1. The van der Waals surface area contributed by atoms with Gasteiger partial charge in [0, 0.05) is 33.3 Å². The molecule has 254 valence electrons. The summed E-state index contributed by atoms with van der Waals surface area (Å²) in [5.41, 5.74) is 11.7. The smallest absolute Gasteiger partial charge is 0.180 e. The zero-order valence-electron chi connectivity index (χ0n) is 28.7. The molecule has 0 atom stereocenters. The van der Waals surface area contributed by atoms with Gasteiger partial charge >= 0.3 is 0 Å². The molecule has 0 unspecified atom stereocenters. The minimum absolute atomic E-state index is 0.536. The van der Waals surface area contributed by atoms with Gasteiger partial charge in [-0.2, -0.15) is 0 Å². The molecule has 0 N–H and O–H groups in total. The Morgan fingerprint density at radius 1 is 0.415 bits per heavy atom. The van der Waals surface area contributed by atoms with E-state index >= 15 is 0 Å². The summed E-state index contributed by atoms with van der Waals surface area (Å²) in [5, 5.41) is 2.26. The highest BCUT2D eigenvalue weighted by Crippen LogP contribution is 2.54. The maximum Gasteiger partial charge on any atom is 0.180 e. The van der Waals surface area contributed by atoms with E-state index in [1.165, 1.54) is 0 Å². The van der Waals surface area contributed by atoms with Gasteiger partial charge in [-0.1, -0.05) is 140 Å². The van der Waals surface area contributed by atoms with Gasteiger partial charge in [0.1, 0.15) is 24.4 Å². The van der Waals surface area contributed by atoms with Gasteiger partial charge < -0.3 is 18.8 Å². The van der Waals surface area contributed by atoms with Gasteiger partial charge in [-0.25, -0.2) is 0 Å². The number of ether oxygens (including phenoxy) is 2. The topological polar surface area (TPSA) is 34.8 Å². The van der Waals surface area contributed by atoms with Crippen LogP contribution in [0.4, 0.5) is 17.1 Å². The zero-order chi connectivity index (χ0) is 35.1. The maximum absolute atomic E-state index is 6.40. The van der Waals surface area contributed by atoms with Gasteiger partial charge in [0.05, 0.1) is 15.4 Å². The molecule has 0 aliphatic carbocycles. The van der Waals surface area contributed by atoms with Crippen LogP contribution in [0.25, 0.3) is 65.1 Å². The number of para-hydroxylation sites is 3. The van der Waals surface area contributed by atoms with E-state index in [2.05, 4.69) is 163 Å².